The second-order valence-electron chi connectivity index (χ2n) is 4.95. The lowest BCUT2D eigenvalue weighted by Crippen LogP contribution is -2.21. The van der Waals surface area contributed by atoms with Gasteiger partial charge in [0, 0.05) is 0 Å². The molecule has 1 unspecified atom stereocenters. The van der Waals surface area contributed by atoms with E-state index < -0.39 is 0 Å². The Hall–Kier alpha value is -0.500. The highest BCUT2D eigenvalue weighted by Gasteiger charge is 2.21. The average molecular weight is 184 g/mol. The van der Waals surface area contributed by atoms with Gasteiger partial charge in [0.25, 0.3) is 0 Å². The van der Waals surface area contributed by atoms with Crippen LogP contribution in [0.15, 0.2) is 11.8 Å². The Morgan fingerprint density at radius 3 is 2.69 bits per heavy atom. The van der Waals surface area contributed by atoms with Gasteiger partial charge in [0.05, 0.1) is 19.0 Å². The highest BCUT2D eigenvalue weighted by atomic mass is 16.5. The van der Waals surface area contributed by atoms with E-state index in [-0.39, 0.29) is 11.5 Å². The van der Waals surface area contributed by atoms with Crippen molar-refractivity contribution in [2.75, 3.05) is 6.61 Å². The molecule has 1 heterocycles. The number of ether oxygens (including phenoxy) is 1. The van der Waals surface area contributed by atoms with Crippen molar-refractivity contribution in [2.45, 2.75) is 46.1 Å². The molecule has 0 aromatic rings. The van der Waals surface area contributed by atoms with Crippen LogP contribution in [0.3, 0.4) is 0 Å². The van der Waals surface area contributed by atoms with E-state index >= 15 is 0 Å². The molecule has 0 amide bonds. The minimum Gasteiger partial charge on any atom is -0.501 e. The lowest BCUT2D eigenvalue weighted by Gasteiger charge is -2.25. The fraction of sp³-hybridized carbons (Fsp3) is 0.818. The summed E-state index contributed by atoms with van der Waals surface area (Å²) in [6.07, 6.45) is 4.24. The number of aliphatic hydroxyl groups excluding tert-OH is 1. The highest BCUT2D eigenvalue weighted by Crippen LogP contribution is 2.26. The first-order valence-electron chi connectivity index (χ1n) is 4.98. The van der Waals surface area contributed by atoms with Crippen molar-refractivity contribution < 1.29 is 9.84 Å². The van der Waals surface area contributed by atoms with Crippen LogP contribution in [0.25, 0.3) is 0 Å². The Kier molecular flexibility index (Phi) is 3.37. The Morgan fingerprint density at radius 2 is 2.23 bits per heavy atom. The van der Waals surface area contributed by atoms with Crippen LogP contribution in [0.4, 0.5) is 0 Å². The summed E-state index contributed by atoms with van der Waals surface area (Å²) >= 11 is 0. The van der Waals surface area contributed by atoms with E-state index in [1.165, 1.54) is 0 Å². The molecule has 76 valence electrons. The minimum atomic E-state index is -0.319. The Bertz CT molecular complexity index is 189. The molecule has 0 bridgehead atoms. The monoisotopic (exact) mass is 184 g/mol. The predicted molar refractivity (Wildman–Crippen MR) is 53.3 cm³/mol. The van der Waals surface area contributed by atoms with Crippen LogP contribution < -0.4 is 0 Å². The number of hydrogen-bond donors (Lipinski definition) is 1. The second-order valence-corrected chi connectivity index (χ2v) is 4.95. The molecule has 1 N–H and O–H groups in total. The minimum absolute atomic E-state index is 0.178. The van der Waals surface area contributed by atoms with E-state index in [4.69, 9.17) is 4.74 Å². The van der Waals surface area contributed by atoms with Crippen molar-refractivity contribution in [1.29, 1.82) is 0 Å². The molecule has 0 aliphatic carbocycles. The Labute approximate surface area is 80.6 Å². The zero-order valence-electron chi connectivity index (χ0n) is 8.84. The van der Waals surface area contributed by atoms with Crippen LogP contribution in [-0.4, -0.2) is 17.8 Å². The lowest BCUT2D eigenvalue weighted by atomic mass is 9.86. The Balaban J connectivity index is 2.47. The molecule has 1 atom stereocenters. The quantitative estimate of drug-likeness (QED) is 0.714. The van der Waals surface area contributed by atoms with Gasteiger partial charge in [0.1, 0.15) is 0 Å². The summed E-state index contributed by atoms with van der Waals surface area (Å²) in [5.41, 5.74) is 1.23. The fourth-order valence-electron chi connectivity index (χ4n) is 1.54. The van der Waals surface area contributed by atoms with Crippen LogP contribution in [0.1, 0.15) is 40.0 Å². The van der Waals surface area contributed by atoms with Crippen molar-refractivity contribution in [3.05, 3.63) is 11.8 Å². The van der Waals surface area contributed by atoms with Crippen LogP contribution in [0, 0.1) is 5.41 Å². The molecule has 0 radical (unpaired) electrons. The van der Waals surface area contributed by atoms with Crippen LogP contribution in [-0.2, 0) is 4.74 Å². The van der Waals surface area contributed by atoms with Crippen molar-refractivity contribution >= 4 is 0 Å². The Morgan fingerprint density at radius 1 is 1.54 bits per heavy atom. The normalized spacial score (nSPS) is 20.5. The van der Waals surface area contributed by atoms with Gasteiger partial charge in [0.15, 0.2) is 0 Å². The van der Waals surface area contributed by atoms with Crippen molar-refractivity contribution in [3.63, 3.8) is 0 Å². The van der Waals surface area contributed by atoms with Gasteiger partial charge in [-0.3, -0.25) is 0 Å². The molecule has 2 nitrogen and oxygen atoms in total. The van der Waals surface area contributed by atoms with Gasteiger partial charge in [-0.2, -0.15) is 0 Å². The van der Waals surface area contributed by atoms with E-state index in [0.29, 0.717) is 0 Å². The summed E-state index contributed by atoms with van der Waals surface area (Å²) < 4.78 is 5.20. The number of aliphatic hydroxyl groups is 1. The average Bonchev–Trinajstić information content (AvgIpc) is 2.03. The molecule has 2 heteroatoms. The molecule has 13 heavy (non-hydrogen) atoms. The van der Waals surface area contributed by atoms with Gasteiger partial charge in [-0.25, -0.2) is 0 Å². The van der Waals surface area contributed by atoms with E-state index in [9.17, 15) is 5.11 Å². The molecule has 1 rings (SSSR count). The maximum Gasteiger partial charge on any atom is 0.0876 e. The molecular weight excluding hydrogens is 164 g/mol. The van der Waals surface area contributed by atoms with E-state index in [0.717, 1.165) is 31.4 Å². The fourth-order valence-corrected chi connectivity index (χ4v) is 1.54. The molecule has 0 saturated heterocycles. The standard InChI is InChI=1S/C11H20O2/c1-11(2,3)7-10(12)9-5-4-6-13-8-9/h8,10,12H,4-7H2,1-3H3. The molecule has 1 aliphatic rings. The summed E-state index contributed by atoms with van der Waals surface area (Å²) in [6, 6.07) is 0. The van der Waals surface area contributed by atoms with Crippen molar-refractivity contribution in [1.82, 2.24) is 0 Å². The first kappa shape index (κ1) is 10.6. The zero-order valence-corrected chi connectivity index (χ0v) is 8.84. The molecule has 1 aliphatic heterocycles. The van der Waals surface area contributed by atoms with E-state index in [1.54, 1.807) is 6.26 Å². The van der Waals surface area contributed by atoms with Gasteiger partial charge in [-0.1, -0.05) is 20.8 Å². The molecule has 0 aromatic carbocycles. The molecule has 0 saturated carbocycles. The first-order chi connectivity index (χ1) is 5.99. The van der Waals surface area contributed by atoms with Crippen LogP contribution in [0.5, 0.6) is 0 Å². The smallest absolute Gasteiger partial charge is 0.0876 e. The largest absolute Gasteiger partial charge is 0.501 e. The van der Waals surface area contributed by atoms with Gasteiger partial charge in [0.2, 0.25) is 0 Å². The summed E-state index contributed by atoms with van der Waals surface area (Å²) in [5, 5.41) is 9.86. The van der Waals surface area contributed by atoms with Crippen molar-refractivity contribution in [3.8, 4) is 0 Å². The van der Waals surface area contributed by atoms with E-state index in [1.807, 2.05) is 0 Å². The SMILES string of the molecule is CC(C)(C)CC(O)C1=COCCC1. The van der Waals surface area contributed by atoms with Gasteiger partial charge < -0.3 is 9.84 Å². The summed E-state index contributed by atoms with van der Waals surface area (Å²) in [7, 11) is 0. The number of hydrogen-bond acceptors (Lipinski definition) is 2. The van der Waals surface area contributed by atoms with Gasteiger partial charge >= 0.3 is 0 Å². The van der Waals surface area contributed by atoms with Crippen LogP contribution >= 0.6 is 0 Å². The lowest BCUT2D eigenvalue weighted by molar-refractivity contribution is 0.130. The van der Waals surface area contributed by atoms with Gasteiger partial charge in [-0.05, 0) is 30.3 Å². The maximum absolute atomic E-state index is 9.86. The third-order valence-electron chi connectivity index (χ3n) is 2.20. The summed E-state index contributed by atoms with van der Waals surface area (Å²) in [4.78, 5) is 0. The second kappa shape index (κ2) is 4.14. The summed E-state index contributed by atoms with van der Waals surface area (Å²) in [6.45, 7) is 7.22. The molecule has 0 aromatic heterocycles. The molecular formula is C11H20O2. The topological polar surface area (TPSA) is 29.5 Å². The highest BCUT2D eigenvalue weighted by molar-refractivity contribution is 5.07. The number of rotatable bonds is 2. The van der Waals surface area contributed by atoms with Crippen LogP contribution in [0.2, 0.25) is 0 Å². The first-order valence-corrected chi connectivity index (χ1v) is 4.98. The molecule has 0 fully saturated rings. The predicted octanol–water partition coefficient (Wildman–Crippen LogP) is 2.48. The molecule has 0 spiro atoms. The van der Waals surface area contributed by atoms with Crippen molar-refractivity contribution in [2.24, 2.45) is 5.41 Å². The van der Waals surface area contributed by atoms with Gasteiger partial charge in [-0.15, -0.1) is 0 Å². The zero-order chi connectivity index (χ0) is 9.90. The third-order valence-corrected chi connectivity index (χ3v) is 2.20. The van der Waals surface area contributed by atoms with E-state index in [2.05, 4.69) is 20.8 Å². The summed E-state index contributed by atoms with van der Waals surface area (Å²) in [5.74, 6) is 0. The third kappa shape index (κ3) is 3.81. The maximum atomic E-state index is 9.86.